The van der Waals surface area contributed by atoms with Crippen LogP contribution in [0, 0.1) is 0 Å². The molecule has 0 heterocycles. The van der Waals surface area contributed by atoms with Crippen LogP contribution in [0.1, 0.15) is 251 Å². The summed E-state index contributed by atoms with van der Waals surface area (Å²) in [4.78, 5) is 0. The molecule has 4 aliphatic rings. The van der Waals surface area contributed by atoms with Gasteiger partial charge in [-0.1, -0.05) is 154 Å². The fourth-order valence-electron chi connectivity index (χ4n) is 10.6. The van der Waals surface area contributed by atoms with Crippen molar-refractivity contribution in [3.8, 4) is 23.0 Å². The van der Waals surface area contributed by atoms with Crippen molar-refractivity contribution in [1.29, 1.82) is 0 Å². The highest BCUT2D eigenvalue weighted by Crippen LogP contribution is 2.48. The van der Waals surface area contributed by atoms with Crippen molar-refractivity contribution in [2.24, 2.45) is 0 Å². The molecular weight excluding hydrogens is 625 g/mol. The second-order valence-electron chi connectivity index (χ2n) is 17.6. The number of aromatic hydroxyl groups is 2. The average molecular weight is 699 g/mol. The number of rotatable bonds is 6. The molecule has 0 aliphatic heterocycles. The molecule has 4 aliphatic carbocycles. The lowest BCUT2D eigenvalue weighted by Gasteiger charge is -2.26. The Morgan fingerprint density at radius 2 is 0.471 bits per heavy atom. The predicted molar refractivity (Wildman–Crippen MR) is 215 cm³/mol. The molecule has 0 spiro atoms. The Morgan fingerprint density at radius 3 is 0.667 bits per heavy atom. The van der Waals surface area contributed by atoms with Gasteiger partial charge in [-0.25, -0.2) is 0 Å². The Bertz CT molecular complexity index is 1080. The molecule has 284 valence electrons. The molecule has 0 aromatic heterocycles. The van der Waals surface area contributed by atoms with Crippen LogP contribution < -0.4 is 4.74 Å². The van der Waals surface area contributed by atoms with Gasteiger partial charge in [0.05, 0.1) is 0 Å². The Labute approximate surface area is 312 Å². The van der Waals surface area contributed by atoms with Gasteiger partial charge in [0.15, 0.2) is 0 Å². The van der Waals surface area contributed by atoms with E-state index in [0.29, 0.717) is 35.2 Å². The first-order chi connectivity index (χ1) is 25.2. The number of phenols is 2. The van der Waals surface area contributed by atoms with Gasteiger partial charge < -0.3 is 14.9 Å². The first-order valence-electron chi connectivity index (χ1n) is 22.6. The zero-order valence-corrected chi connectivity index (χ0v) is 32.5. The van der Waals surface area contributed by atoms with Gasteiger partial charge in [-0.15, -0.1) is 0 Å². The molecule has 0 bridgehead atoms. The summed E-state index contributed by atoms with van der Waals surface area (Å²) in [6.07, 6.45) is 40.6. The van der Waals surface area contributed by atoms with Crippen molar-refractivity contribution >= 4 is 0 Å². The van der Waals surface area contributed by atoms with Gasteiger partial charge in [0.1, 0.15) is 23.0 Å². The molecule has 3 nitrogen and oxygen atoms in total. The molecule has 3 heteroatoms. The molecule has 6 rings (SSSR count). The van der Waals surface area contributed by atoms with Gasteiger partial charge in [-0.05, 0) is 99.3 Å². The van der Waals surface area contributed by atoms with Crippen molar-refractivity contribution in [3.63, 3.8) is 0 Å². The molecule has 2 aromatic rings. The van der Waals surface area contributed by atoms with E-state index in [1.807, 2.05) is 0 Å². The molecular formula is C48H74O3. The number of hydrogen-bond donors (Lipinski definition) is 2. The Balaban J connectivity index is 1.40. The molecule has 0 radical (unpaired) electrons. The van der Waals surface area contributed by atoms with E-state index in [2.05, 4.69) is 24.3 Å². The summed E-state index contributed by atoms with van der Waals surface area (Å²) in [6, 6.07) is 8.96. The number of phenolic OH excluding ortho intramolecular Hbond substituents is 2. The summed E-state index contributed by atoms with van der Waals surface area (Å²) in [7, 11) is 0. The van der Waals surface area contributed by atoms with E-state index in [4.69, 9.17) is 4.74 Å². The summed E-state index contributed by atoms with van der Waals surface area (Å²) < 4.78 is 7.11. The molecule has 2 N–H and O–H groups in total. The molecule has 0 amide bonds. The highest BCUT2D eigenvalue weighted by Gasteiger charge is 2.27. The molecule has 4 fully saturated rings. The third kappa shape index (κ3) is 11.4. The van der Waals surface area contributed by atoms with Crippen molar-refractivity contribution in [2.45, 2.75) is 229 Å². The molecule has 4 saturated carbocycles. The van der Waals surface area contributed by atoms with Crippen LogP contribution in [0.15, 0.2) is 24.3 Å². The van der Waals surface area contributed by atoms with E-state index >= 15 is 0 Å². The summed E-state index contributed by atoms with van der Waals surface area (Å²) in [5, 5.41) is 24.3. The van der Waals surface area contributed by atoms with Gasteiger partial charge in [0.25, 0.3) is 0 Å². The van der Waals surface area contributed by atoms with Crippen molar-refractivity contribution in [1.82, 2.24) is 0 Å². The lowest BCUT2D eigenvalue weighted by atomic mass is 9.82. The summed E-state index contributed by atoms with van der Waals surface area (Å²) >= 11 is 0. The van der Waals surface area contributed by atoms with E-state index < -0.39 is 0 Å². The summed E-state index contributed by atoms with van der Waals surface area (Å²) in [5.74, 6) is 4.55. The summed E-state index contributed by atoms with van der Waals surface area (Å²) in [5.41, 5.74) is 4.60. The Kier molecular flexibility index (Phi) is 15.8. The van der Waals surface area contributed by atoms with Crippen molar-refractivity contribution in [2.75, 3.05) is 0 Å². The molecule has 51 heavy (non-hydrogen) atoms. The van der Waals surface area contributed by atoms with Crippen LogP contribution in [0.25, 0.3) is 0 Å². The predicted octanol–water partition coefficient (Wildman–Crippen LogP) is 15.8. The van der Waals surface area contributed by atoms with Crippen molar-refractivity contribution < 1.29 is 14.9 Å². The van der Waals surface area contributed by atoms with E-state index in [1.165, 1.54) is 154 Å². The lowest BCUT2D eigenvalue weighted by Crippen LogP contribution is -2.07. The molecule has 0 unspecified atom stereocenters. The molecule has 0 atom stereocenters. The summed E-state index contributed by atoms with van der Waals surface area (Å²) in [6.45, 7) is 0. The number of benzene rings is 2. The minimum absolute atomic E-state index is 0.394. The first-order valence-corrected chi connectivity index (χ1v) is 22.6. The third-order valence-electron chi connectivity index (χ3n) is 13.7. The van der Waals surface area contributed by atoms with Gasteiger partial charge in [-0.3, -0.25) is 0 Å². The minimum Gasteiger partial charge on any atom is -0.507 e. The van der Waals surface area contributed by atoms with E-state index in [9.17, 15) is 10.2 Å². The second kappa shape index (κ2) is 20.9. The largest absolute Gasteiger partial charge is 0.507 e. The van der Waals surface area contributed by atoms with E-state index in [-0.39, 0.29) is 0 Å². The lowest BCUT2D eigenvalue weighted by molar-refractivity contribution is 0.413. The number of hydrogen-bond acceptors (Lipinski definition) is 3. The van der Waals surface area contributed by atoms with Crippen molar-refractivity contribution in [3.05, 3.63) is 46.5 Å². The second-order valence-corrected chi connectivity index (χ2v) is 17.6. The average Bonchev–Trinajstić information content (AvgIpc) is 3.51. The molecule has 2 aromatic carbocycles. The minimum atomic E-state index is 0.394. The number of ether oxygens (including phenoxy) is 1. The van der Waals surface area contributed by atoms with Gasteiger partial charge in [-0.2, -0.15) is 0 Å². The van der Waals surface area contributed by atoms with Crippen LogP contribution in [-0.2, 0) is 0 Å². The molecule has 0 saturated heterocycles. The van der Waals surface area contributed by atoms with Crippen LogP contribution in [-0.4, -0.2) is 10.2 Å². The van der Waals surface area contributed by atoms with Gasteiger partial charge in [0.2, 0.25) is 0 Å². The standard InChI is InChI=1S/C48H74O3/c49-47-43(37-25-17-9-1-2-10-18-26-37)33-41(34-44(47)38-27-19-11-3-4-12-20-28-38)51-42-35-45(39-29-21-13-5-6-14-22-30-39)48(50)46(36-42)40-31-23-15-7-8-16-24-32-40/h33-40,49-50H,1-32H2. The third-order valence-corrected chi connectivity index (χ3v) is 13.7. The fraction of sp³-hybridized carbons (Fsp3) is 0.750. The first kappa shape index (κ1) is 38.6. The van der Waals surface area contributed by atoms with Crippen LogP contribution in [0.2, 0.25) is 0 Å². The zero-order valence-electron chi connectivity index (χ0n) is 32.5. The van der Waals surface area contributed by atoms with Gasteiger partial charge >= 0.3 is 0 Å². The van der Waals surface area contributed by atoms with Gasteiger partial charge in [0, 0.05) is 22.3 Å². The maximum Gasteiger partial charge on any atom is 0.128 e. The monoisotopic (exact) mass is 699 g/mol. The SMILES string of the molecule is Oc1c(C2CCCCCCCC2)cc(Oc2cc(C3CCCCCCCC3)c(O)c(C3CCCCCCCC3)c2)cc1C1CCCCCCCC1. The normalized spacial score (nSPS) is 23.0. The highest BCUT2D eigenvalue weighted by molar-refractivity contribution is 5.54. The van der Waals surface area contributed by atoms with E-state index in [0.717, 1.165) is 85.1 Å². The van der Waals surface area contributed by atoms with Crippen LogP contribution in [0.5, 0.6) is 23.0 Å². The highest BCUT2D eigenvalue weighted by atomic mass is 16.5. The maximum atomic E-state index is 12.2. The topological polar surface area (TPSA) is 49.7 Å². The van der Waals surface area contributed by atoms with Crippen LogP contribution in [0.3, 0.4) is 0 Å². The Hall–Kier alpha value is -2.16. The Morgan fingerprint density at radius 1 is 0.294 bits per heavy atom. The zero-order chi connectivity index (χ0) is 35.1. The van der Waals surface area contributed by atoms with Crippen LogP contribution in [0.4, 0.5) is 0 Å². The van der Waals surface area contributed by atoms with E-state index in [1.54, 1.807) is 0 Å². The smallest absolute Gasteiger partial charge is 0.128 e. The fourth-order valence-corrected chi connectivity index (χ4v) is 10.6. The van der Waals surface area contributed by atoms with Crippen LogP contribution >= 0.6 is 0 Å². The quantitative estimate of drug-likeness (QED) is 0.316. The maximum absolute atomic E-state index is 12.2.